The molecule has 0 spiro atoms. The van der Waals surface area contributed by atoms with Crippen LogP contribution in [0.3, 0.4) is 0 Å². The van der Waals surface area contributed by atoms with Crippen molar-refractivity contribution in [3.05, 3.63) is 0 Å². The van der Waals surface area contributed by atoms with Crippen LogP contribution in [-0.2, 0) is 0 Å². The van der Waals surface area contributed by atoms with E-state index in [1.807, 2.05) is 0 Å². The Hall–Kier alpha value is -0.0800. The molecule has 12 heavy (non-hydrogen) atoms. The molecule has 2 unspecified atom stereocenters. The van der Waals surface area contributed by atoms with Crippen LogP contribution in [0.5, 0.6) is 0 Å². The number of hydrogen-bond acceptors (Lipinski definition) is 2. The lowest BCUT2D eigenvalue weighted by Crippen LogP contribution is -2.43. The highest BCUT2D eigenvalue weighted by Crippen LogP contribution is 2.12. The smallest absolute Gasteiger partial charge is 0.0219 e. The molecule has 1 aliphatic rings. The van der Waals surface area contributed by atoms with Crippen molar-refractivity contribution in [3.8, 4) is 0 Å². The van der Waals surface area contributed by atoms with E-state index in [4.69, 9.17) is 5.73 Å². The van der Waals surface area contributed by atoms with Gasteiger partial charge in [-0.25, -0.2) is 0 Å². The van der Waals surface area contributed by atoms with Gasteiger partial charge < -0.3 is 11.1 Å². The Kier molecular flexibility index (Phi) is 4.62. The van der Waals surface area contributed by atoms with E-state index in [1.165, 1.54) is 45.1 Å². The minimum Gasteiger partial charge on any atom is -0.326 e. The topological polar surface area (TPSA) is 38.0 Å². The number of nitrogens with two attached hydrogens (primary N) is 1. The van der Waals surface area contributed by atoms with Crippen LogP contribution in [-0.4, -0.2) is 18.6 Å². The maximum Gasteiger partial charge on any atom is 0.0219 e. The predicted octanol–water partition coefficient (Wildman–Crippen LogP) is 1.65. The zero-order valence-corrected chi connectivity index (χ0v) is 8.18. The highest BCUT2D eigenvalue weighted by Gasteiger charge is 2.18. The second-order valence-electron chi connectivity index (χ2n) is 3.86. The molecule has 1 fully saturated rings. The molecule has 0 aromatic heterocycles. The van der Waals surface area contributed by atoms with Crippen molar-refractivity contribution in [1.29, 1.82) is 0 Å². The highest BCUT2D eigenvalue weighted by molar-refractivity contribution is 4.81. The largest absolute Gasteiger partial charge is 0.326 e. The molecule has 0 radical (unpaired) electrons. The van der Waals surface area contributed by atoms with Crippen LogP contribution in [0.15, 0.2) is 0 Å². The fraction of sp³-hybridized carbons (Fsp3) is 1.00. The average Bonchev–Trinajstić information content (AvgIpc) is 2.27. The summed E-state index contributed by atoms with van der Waals surface area (Å²) in [4.78, 5) is 0. The molecular weight excluding hydrogens is 148 g/mol. The SMILES string of the molecule is CCCCC1NCCCCC1N. The maximum absolute atomic E-state index is 6.06. The van der Waals surface area contributed by atoms with E-state index in [9.17, 15) is 0 Å². The van der Waals surface area contributed by atoms with Crippen molar-refractivity contribution in [2.45, 2.75) is 57.5 Å². The molecule has 0 saturated carbocycles. The van der Waals surface area contributed by atoms with Gasteiger partial charge in [-0.1, -0.05) is 26.2 Å². The molecule has 0 bridgehead atoms. The second-order valence-corrected chi connectivity index (χ2v) is 3.86. The molecule has 2 atom stereocenters. The molecule has 1 aliphatic heterocycles. The van der Waals surface area contributed by atoms with Crippen LogP contribution in [0.25, 0.3) is 0 Å². The van der Waals surface area contributed by atoms with E-state index in [2.05, 4.69) is 12.2 Å². The fourth-order valence-corrected chi connectivity index (χ4v) is 1.89. The summed E-state index contributed by atoms with van der Waals surface area (Å²) in [5.41, 5.74) is 6.06. The fourth-order valence-electron chi connectivity index (χ4n) is 1.89. The van der Waals surface area contributed by atoms with Gasteiger partial charge in [0, 0.05) is 12.1 Å². The van der Waals surface area contributed by atoms with E-state index < -0.39 is 0 Å². The molecule has 2 heteroatoms. The van der Waals surface area contributed by atoms with E-state index in [0.717, 1.165) is 0 Å². The lowest BCUT2D eigenvalue weighted by atomic mass is 10.00. The Labute approximate surface area is 75.9 Å². The first-order valence-electron chi connectivity index (χ1n) is 5.33. The molecule has 0 aromatic carbocycles. The molecule has 0 aromatic rings. The lowest BCUT2D eigenvalue weighted by molar-refractivity contribution is 0.411. The summed E-state index contributed by atoms with van der Waals surface area (Å²) in [6.07, 6.45) is 7.67. The molecule has 1 saturated heterocycles. The van der Waals surface area contributed by atoms with E-state index in [0.29, 0.717) is 12.1 Å². The quantitative estimate of drug-likeness (QED) is 0.676. The molecule has 0 aliphatic carbocycles. The van der Waals surface area contributed by atoms with Crippen LogP contribution in [0.4, 0.5) is 0 Å². The Bertz CT molecular complexity index is 114. The molecule has 2 nitrogen and oxygen atoms in total. The molecule has 3 N–H and O–H groups in total. The predicted molar refractivity (Wildman–Crippen MR) is 53.1 cm³/mol. The van der Waals surface area contributed by atoms with Crippen LogP contribution in [0, 0.1) is 0 Å². The summed E-state index contributed by atoms with van der Waals surface area (Å²) >= 11 is 0. The summed E-state index contributed by atoms with van der Waals surface area (Å²) in [5, 5.41) is 3.54. The average molecular weight is 170 g/mol. The van der Waals surface area contributed by atoms with Gasteiger partial charge in [-0.15, -0.1) is 0 Å². The summed E-state index contributed by atoms with van der Waals surface area (Å²) < 4.78 is 0. The minimum atomic E-state index is 0.402. The Morgan fingerprint density at radius 2 is 2.25 bits per heavy atom. The van der Waals surface area contributed by atoms with Crippen molar-refractivity contribution in [2.75, 3.05) is 6.54 Å². The molecule has 72 valence electrons. The zero-order chi connectivity index (χ0) is 8.81. The summed E-state index contributed by atoms with van der Waals surface area (Å²) in [6.45, 7) is 3.41. The van der Waals surface area contributed by atoms with Gasteiger partial charge in [-0.2, -0.15) is 0 Å². The van der Waals surface area contributed by atoms with Crippen molar-refractivity contribution in [3.63, 3.8) is 0 Å². The van der Waals surface area contributed by atoms with Crippen molar-refractivity contribution < 1.29 is 0 Å². The lowest BCUT2D eigenvalue weighted by Gasteiger charge is -2.21. The standard InChI is InChI=1S/C10H22N2/c1-2-3-7-10-9(11)6-4-5-8-12-10/h9-10,12H,2-8,11H2,1H3. The Balaban J connectivity index is 2.26. The Morgan fingerprint density at radius 3 is 3.00 bits per heavy atom. The zero-order valence-electron chi connectivity index (χ0n) is 8.18. The first kappa shape index (κ1) is 10.0. The second kappa shape index (κ2) is 5.55. The van der Waals surface area contributed by atoms with E-state index in [-0.39, 0.29) is 0 Å². The van der Waals surface area contributed by atoms with Gasteiger partial charge in [0.1, 0.15) is 0 Å². The molecule has 0 amide bonds. The molecular formula is C10H22N2. The van der Waals surface area contributed by atoms with Gasteiger partial charge in [0.25, 0.3) is 0 Å². The van der Waals surface area contributed by atoms with Gasteiger partial charge in [0.2, 0.25) is 0 Å². The third kappa shape index (κ3) is 3.11. The van der Waals surface area contributed by atoms with Crippen LogP contribution < -0.4 is 11.1 Å². The van der Waals surface area contributed by atoms with Gasteiger partial charge in [-0.3, -0.25) is 0 Å². The maximum atomic E-state index is 6.06. The first-order valence-corrected chi connectivity index (χ1v) is 5.33. The Morgan fingerprint density at radius 1 is 1.42 bits per heavy atom. The van der Waals surface area contributed by atoms with Crippen molar-refractivity contribution in [2.24, 2.45) is 5.73 Å². The van der Waals surface area contributed by atoms with Crippen molar-refractivity contribution in [1.82, 2.24) is 5.32 Å². The molecule has 1 rings (SSSR count). The van der Waals surface area contributed by atoms with Crippen molar-refractivity contribution >= 4 is 0 Å². The van der Waals surface area contributed by atoms with E-state index in [1.54, 1.807) is 0 Å². The minimum absolute atomic E-state index is 0.402. The van der Waals surface area contributed by atoms with Crippen LogP contribution >= 0.6 is 0 Å². The normalized spacial score (nSPS) is 31.5. The summed E-state index contributed by atoms with van der Waals surface area (Å²) in [5.74, 6) is 0. The third-order valence-electron chi connectivity index (χ3n) is 2.76. The number of nitrogens with one attached hydrogen (secondary N) is 1. The highest BCUT2D eigenvalue weighted by atomic mass is 15.0. The van der Waals surface area contributed by atoms with Gasteiger partial charge in [0.05, 0.1) is 0 Å². The summed E-state index contributed by atoms with van der Waals surface area (Å²) in [6, 6.07) is 0.992. The third-order valence-corrected chi connectivity index (χ3v) is 2.76. The van der Waals surface area contributed by atoms with E-state index >= 15 is 0 Å². The molecule has 1 heterocycles. The van der Waals surface area contributed by atoms with Gasteiger partial charge in [0.15, 0.2) is 0 Å². The van der Waals surface area contributed by atoms with Crippen LogP contribution in [0.2, 0.25) is 0 Å². The van der Waals surface area contributed by atoms with Crippen LogP contribution in [0.1, 0.15) is 45.4 Å². The monoisotopic (exact) mass is 170 g/mol. The van der Waals surface area contributed by atoms with Gasteiger partial charge >= 0.3 is 0 Å². The summed E-state index contributed by atoms with van der Waals surface area (Å²) in [7, 11) is 0. The van der Waals surface area contributed by atoms with Gasteiger partial charge in [-0.05, 0) is 25.8 Å². The number of unbranched alkanes of at least 4 members (excludes halogenated alkanes) is 1. The number of hydrogen-bond donors (Lipinski definition) is 2. The first-order chi connectivity index (χ1) is 5.84. The number of rotatable bonds is 3.